The van der Waals surface area contributed by atoms with Gasteiger partial charge in [-0.3, -0.25) is 9.69 Å². The number of piperazine rings is 1. The van der Waals surface area contributed by atoms with Crippen molar-refractivity contribution in [3.8, 4) is 0 Å². The van der Waals surface area contributed by atoms with Crippen molar-refractivity contribution in [3.05, 3.63) is 35.9 Å². The van der Waals surface area contributed by atoms with E-state index in [4.69, 9.17) is 0 Å². The zero-order valence-corrected chi connectivity index (χ0v) is 17.0. The molecule has 2 aliphatic rings. The predicted molar refractivity (Wildman–Crippen MR) is 108 cm³/mol. The van der Waals surface area contributed by atoms with Crippen LogP contribution >= 0.6 is 24.8 Å². The Labute approximate surface area is 164 Å². The number of halogens is 2. The van der Waals surface area contributed by atoms with Gasteiger partial charge in [0.2, 0.25) is 5.91 Å². The zero-order chi connectivity index (χ0) is 16.4. The highest BCUT2D eigenvalue weighted by molar-refractivity contribution is 5.85. The fraction of sp³-hybridized carbons (Fsp3) is 0.632. The molecule has 0 radical (unpaired) electrons. The van der Waals surface area contributed by atoms with E-state index in [-0.39, 0.29) is 36.3 Å². The molecule has 6 heteroatoms. The standard InChI is InChI=1S/C19H29N3O.2ClH/c1-15(17-11-20-12-17)18(23)21-9-10-22(19(2,3)14-21)13-16-7-5-4-6-8-16;;/h4-8,15,17,20H,9-14H2,1-3H3;2*1H. The maximum atomic E-state index is 12.8. The Bertz CT molecular complexity index is 549. The van der Waals surface area contributed by atoms with Gasteiger partial charge in [0.05, 0.1) is 0 Å². The number of hydrogen-bond donors (Lipinski definition) is 1. The minimum Gasteiger partial charge on any atom is -0.339 e. The molecule has 3 rings (SSSR count). The minimum atomic E-state index is 0. The summed E-state index contributed by atoms with van der Waals surface area (Å²) in [5.41, 5.74) is 1.36. The van der Waals surface area contributed by atoms with Crippen molar-refractivity contribution in [1.29, 1.82) is 0 Å². The van der Waals surface area contributed by atoms with Crippen LogP contribution in [0, 0.1) is 11.8 Å². The van der Waals surface area contributed by atoms with E-state index in [1.54, 1.807) is 0 Å². The van der Waals surface area contributed by atoms with Gasteiger partial charge in [0.25, 0.3) is 0 Å². The lowest BCUT2D eigenvalue weighted by molar-refractivity contribution is -0.142. The fourth-order valence-corrected chi connectivity index (χ4v) is 3.63. The van der Waals surface area contributed by atoms with Gasteiger partial charge in [-0.1, -0.05) is 37.3 Å². The van der Waals surface area contributed by atoms with Crippen molar-refractivity contribution < 1.29 is 4.79 Å². The van der Waals surface area contributed by atoms with Gasteiger partial charge < -0.3 is 10.2 Å². The summed E-state index contributed by atoms with van der Waals surface area (Å²) in [4.78, 5) is 17.4. The second kappa shape index (κ2) is 9.22. The third kappa shape index (κ3) is 5.10. The molecule has 2 fully saturated rings. The summed E-state index contributed by atoms with van der Waals surface area (Å²) in [5, 5.41) is 3.27. The SMILES string of the molecule is CC(C(=O)N1CCN(Cc2ccccc2)C(C)(C)C1)C1CNC1.Cl.Cl. The van der Waals surface area contributed by atoms with E-state index in [9.17, 15) is 4.79 Å². The van der Waals surface area contributed by atoms with Gasteiger partial charge in [-0.05, 0) is 38.4 Å². The Morgan fingerprint density at radius 3 is 2.36 bits per heavy atom. The Morgan fingerprint density at radius 1 is 1.20 bits per heavy atom. The smallest absolute Gasteiger partial charge is 0.225 e. The van der Waals surface area contributed by atoms with Crippen molar-refractivity contribution in [1.82, 2.24) is 15.1 Å². The van der Waals surface area contributed by atoms with Crippen LogP contribution in [0.5, 0.6) is 0 Å². The summed E-state index contributed by atoms with van der Waals surface area (Å²) in [6.07, 6.45) is 0. The average Bonchev–Trinajstić information content (AvgIpc) is 2.47. The van der Waals surface area contributed by atoms with Crippen LogP contribution in [0.3, 0.4) is 0 Å². The van der Waals surface area contributed by atoms with Gasteiger partial charge in [0, 0.05) is 37.6 Å². The molecule has 1 unspecified atom stereocenters. The molecule has 2 saturated heterocycles. The molecular formula is C19H31Cl2N3O. The molecule has 0 spiro atoms. The van der Waals surface area contributed by atoms with Crippen LogP contribution in [0.2, 0.25) is 0 Å². The second-order valence-electron chi connectivity index (χ2n) is 7.69. The number of hydrogen-bond acceptors (Lipinski definition) is 3. The molecule has 0 aromatic heterocycles. The number of amides is 1. The van der Waals surface area contributed by atoms with Gasteiger partial charge >= 0.3 is 0 Å². The summed E-state index contributed by atoms with van der Waals surface area (Å²) in [6.45, 7) is 12.2. The van der Waals surface area contributed by atoms with Crippen LogP contribution in [0.4, 0.5) is 0 Å². The third-order valence-electron chi connectivity index (χ3n) is 5.51. The first-order valence-corrected chi connectivity index (χ1v) is 8.76. The molecule has 1 aromatic rings. The molecule has 1 amide bonds. The lowest BCUT2D eigenvalue weighted by Gasteiger charge is -2.48. The number of carbonyl (C=O) groups is 1. The largest absolute Gasteiger partial charge is 0.339 e. The zero-order valence-electron chi connectivity index (χ0n) is 15.4. The second-order valence-corrected chi connectivity index (χ2v) is 7.69. The van der Waals surface area contributed by atoms with Crippen LogP contribution < -0.4 is 5.32 Å². The first kappa shape index (κ1) is 22.2. The van der Waals surface area contributed by atoms with Gasteiger partial charge in [-0.2, -0.15) is 0 Å². The van der Waals surface area contributed by atoms with Crippen LogP contribution in [0.15, 0.2) is 30.3 Å². The van der Waals surface area contributed by atoms with Crippen molar-refractivity contribution in [2.24, 2.45) is 11.8 Å². The summed E-state index contributed by atoms with van der Waals surface area (Å²) in [6, 6.07) is 10.6. The van der Waals surface area contributed by atoms with Gasteiger partial charge in [0.1, 0.15) is 0 Å². The van der Waals surface area contributed by atoms with E-state index >= 15 is 0 Å². The lowest BCUT2D eigenvalue weighted by atomic mass is 9.87. The highest BCUT2D eigenvalue weighted by Gasteiger charge is 2.38. The van der Waals surface area contributed by atoms with Crippen molar-refractivity contribution in [2.75, 3.05) is 32.7 Å². The molecule has 4 nitrogen and oxygen atoms in total. The van der Waals surface area contributed by atoms with Crippen LogP contribution in [-0.2, 0) is 11.3 Å². The minimum absolute atomic E-state index is 0. The first-order chi connectivity index (χ1) is 11.0. The number of nitrogens with one attached hydrogen (secondary N) is 1. The van der Waals surface area contributed by atoms with Crippen molar-refractivity contribution >= 4 is 30.7 Å². The van der Waals surface area contributed by atoms with E-state index < -0.39 is 0 Å². The molecule has 0 aliphatic carbocycles. The number of carbonyl (C=O) groups excluding carboxylic acids is 1. The number of rotatable bonds is 4. The average molecular weight is 388 g/mol. The Hall–Kier alpha value is -0.810. The summed E-state index contributed by atoms with van der Waals surface area (Å²) in [7, 11) is 0. The molecule has 2 heterocycles. The molecule has 1 atom stereocenters. The highest BCUT2D eigenvalue weighted by atomic mass is 35.5. The molecule has 1 N–H and O–H groups in total. The van der Waals surface area contributed by atoms with Gasteiger partial charge in [-0.15, -0.1) is 24.8 Å². The molecule has 142 valence electrons. The third-order valence-corrected chi connectivity index (χ3v) is 5.51. The van der Waals surface area contributed by atoms with Gasteiger partial charge in [-0.25, -0.2) is 0 Å². The van der Waals surface area contributed by atoms with E-state index in [0.29, 0.717) is 11.8 Å². The summed E-state index contributed by atoms with van der Waals surface area (Å²) < 4.78 is 0. The van der Waals surface area contributed by atoms with Crippen LogP contribution in [0.1, 0.15) is 26.3 Å². The first-order valence-electron chi connectivity index (χ1n) is 8.76. The normalized spacial score (nSPS) is 21.5. The van der Waals surface area contributed by atoms with Gasteiger partial charge in [0.15, 0.2) is 0 Å². The fourth-order valence-electron chi connectivity index (χ4n) is 3.63. The maximum Gasteiger partial charge on any atom is 0.225 e. The number of benzene rings is 1. The maximum absolute atomic E-state index is 12.8. The lowest BCUT2D eigenvalue weighted by Crippen LogP contribution is -2.61. The molecule has 2 aliphatic heterocycles. The van der Waals surface area contributed by atoms with Crippen molar-refractivity contribution in [3.63, 3.8) is 0 Å². The van der Waals surface area contributed by atoms with Crippen molar-refractivity contribution in [2.45, 2.75) is 32.9 Å². The summed E-state index contributed by atoms with van der Waals surface area (Å²) >= 11 is 0. The van der Waals surface area contributed by atoms with Crippen LogP contribution in [0.25, 0.3) is 0 Å². The molecule has 1 aromatic carbocycles. The number of nitrogens with zero attached hydrogens (tertiary/aromatic N) is 2. The summed E-state index contributed by atoms with van der Waals surface area (Å²) in [5.74, 6) is 1.00. The Morgan fingerprint density at radius 2 is 1.84 bits per heavy atom. The van der Waals surface area contributed by atoms with E-state index in [2.05, 4.69) is 66.2 Å². The molecule has 0 bridgehead atoms. The Balaban J connectivity index is 0.00000156. The molecular weight excluding hydrogens is 357 g/mol. The Kier molecular flexibility index (Phi) is 8.20. The van der Waals surface area contributed by atoms with E-state index in [1.165, 1.54) is 5.56 Å². The van der Waals surface area contributed by atoms with E-state index in [1.807, 2.05) is 0 Å². The quantitative estimate of drug-likeness (QED) is 0.862. The molecule has 25 heavy (non-hydrogen) atoms. The highest BCUT2D eigenvalue weighted by Crippen LogP contribution is 2.26. The predicted octanol–water partition coefficient (Wildman–Crippen LogP) is 2.81. The van der Waals surface area contributed by atoms with E-state index in [0.717, 1.165) is 39.3 Å². The topological polar surface area (TPSA) is 35.6 Å². The monoisotopic (exact) mass is 387 g/mol. The van der Waals surface area contributed by atoms with Crippen LogP contribution in [-0.4, -0.2) is 54.0 Å². The molecule has 0 saturated carbocycles.